The third-order valence-electron chi connectivity index (χ3n) is 2.95. The summed E-state index contributed by atoms with van der Waals surface area (Å²) < 4.78 is 0. The monoisotopic (exact) mass is 243 g/mol. The van der Waals surface area contributed by atoms with Crippen molar-refractivity contribution in [2.24, 2.45) is 0 Å². The average Bonchev–Trinajstić information content (AvgIpc) is 2.63. The van der Waals surface area contributed by atoms with Crippen molar-refractivity contribution in [1.82, 2.24) is 15.1 Å². The van der Waals surface area contributed by atoms with E-state index in [1.807, 2.05) is 7.05 Å². The first-order valence-electron chi connectivity index (χ1n) is 5.91. The lowest BCUT2D eigenvalue weighted by molar-refractivity contribution is -0.137. The summed E-state index contributed by atoms with van der Waals surface area (Å²) in [4.78, 5) is 25.8. The standard InChI is InChI=1S/C11H21N3O3/c1-13-7-5-9(8-13)12-11(17)14(2)6-3-4-10(15)16/h9H,3-8H2,1-2H3,(H,12,17)(H,15,16). The molecule has 0 radical (unpaired) electrons. The van der Waals surface area contributed by atoms with Crippen molar-refractivity contribution in [2.45, 2.75) is 25.3 Å². The van der Waals surface area contributed by atoms with Crippen molar-refractivity contribution in [3.05, 3.63) is 0 Å². The van der Waals surface area contributed by atoms with E-state index in [4.69, 9.17) is 5.11 Å². The van der Waals surface area contributed by atoms with Gasteiger partial charge >= 0.3 is 12.0 Å². The van der Waals surface area contributed by atoms with E-state index in [-0.39, 0.29) is 18.5 Å². The molecule has 1 rings (SSSR count). The van der Waals surface area contributed by atoms with E-state index >= 15 is 0 Å². The maximum Gasteiger partial charge on any atom is 0.317 e. The Morgan fingerprint density at radius 1 is 1.53 bits per heavy atom. The van der Waals surface area contributed by atoms with Gasteiger partial charge in [0.1, 0.15) is 0 Å². The van der Waals surface area contributed by atoms with E-state index in [0.717, 1.165) is 19.5 Å². The second kappa shape index (κ2) is 6.44. The molecule has 6 heteroatoms. The molecule has 1 unspecified atom stereocenters. The molecule has 0 bridgehead atoms. The summed E-state index contributed by atoms with van der Waals surface area (Å²) in [6.07, 6.45) is 1.57. The van der Waals surface area contributed by atoms with E-state index < -0.39 is 5.97 Å². The largest absolute Gasteiger partial charge is 0.481 e. The SMILES string of the molecule is CN1CCC(NC(=O)N(C)CCCC(=O)O)C1. The van der Waals surface area contributed by atoms with Gasteiger partial charge in [0.15, 0.2) is 0 Å². The molecule has 1 aliphatic rings. The predicted molar refractivity (Wildman–Crippen MR) is 63.9 cm³/mol. The molecule has 6 nitrogen and oxygen atoms in total. The number of likely N-dealkylation sites (N-methyl/N-ethyl adjacent to an activating group) is 1. The fourth-order valence-electron chi connectivity index (χ4n) is 1.91. The highest BCUT2D eigenvalue weighted by Crippen LogP contribution is 2.06. The van der Waals surface area contributed by atoms with Gasteiger partial charge in [-0.25, -0.2) is 4.79 Å². The van der Waals surface area contributed by atoms with Crippen LogP contribution in [0.1, 0.15) is 19.3 Å². The van der Waals surface area contributed by atoms with Gasteiger partial charge in [0, 0.05) is 32.6 Å². The van der Waals surface area contributed by atoms with Crippen molar-refractivity contribution in [3.8, 4) is 0 Å². The Morgan fingerprint density at radius 2 is 2.24 bits per heavy atom. The number of carboxylic acid groups (broad SMARTS) is 1. The first-order chi connectivity index (χ1) is 7.99. The summed E-state index contributed by atoms with van der Waals surface area (Å²) in [6, 6.07) is 0.102. The summed E-state index contributed by atoms with van der Waals surface area (Å²) in [6.45, 7) is 2.36. The lowest BCUT2D eigenvalue weighted by Crippen LogP contribution is -2.44. The zero-order chi connectivity index (χ0) is 12.8. The average molecular weight is 243 g/mol. The minimum atomic E-state index is -0.823. The summed E-state index contributed by atoms with van der Waals surface area (Å²) in [5, 5.41) is 11.4. The molecule has 1 aliphatic heterocycles. The van der Waals surface area contributed by atoms with Crippen LogP contribution in [-0.4, -0.2) is 66.7 Å². The third kappa shape index (κ3) is 5.04. The smallest absolute Gasteiger partial charge is 0.317 e. The van der Waals surface area contributed by atoms with Gasteiger partial charge in [-0.1, -0.05) is 0 Å². The first-order valence-corrected chi connectivity index (χ1v) is 5.91. The van der Waals surface area contributed by atoms with E-state index in [9.17, 15) is 9.59 Å². The van der Waals surface area contributed by atoms with Crippen LogP contribution in [0.2, 0.25) is 0 Å². The fourth-order valence-corrected chi connectivity index (χ4v) is 1.91. The first kappa shape index (κ1) is 13.8. The number of hydrogen-bond donors (Lipinski definition) is 2. The van der Waals surface area contributed by atoms with Crippen LogP contribution in [0.4, 0.5) is 4.79 Å². The van der Waals surface area contributed by atoms with Gasteiger partial charge in [-0.15, -0.1) is 0 Å². The number of likely N-dealkylation sites (tertiary alicyclic amines) is 1. The van der Waals surface area contributed by atoms with Gasteiger partial charge < -0.3 is 20.2 Å². The van der Waals surface area contributed by atoms with Crippen molar-refractivity contribution in [1.29, 1.82) is 0 Å². The Labute approximate surface area is 102 Å². The highest BCUT2D eigenvalue weighted by atomic mass is 16.4. The summed E-state index contributed by atoms with van der Waals surface area (Å²) >= 11 is 0. The zero-order valence-electron chi connectivity index (χ0n) is 10.5. The summed E-state index contributed by atoms with van der Waals surface area (Å²) in [5.41, 5.74) is 0. The topological polar surface area (TPSA) is 72.9 Å². The Hall–Kier alpha value is -1.30. The molecular weight excluding hydrogens is 222 g/mol. The van der Waals surface area contributed by atoms with Crippen LogP contribution in [0, 0.1) is 0 Å². The second-order valence-corrected chi connectivity index (χ2v) is 4.62. The quantitative estimate of drug-likeness (QED) is 0.723. The number of hydrogen-bond acceptors (Lipinski definition) is 3. The highest BCUT2D eigenvalue weighted by Gasteiger charge is 2.22. The molecule has 0 spiro atoms. The molecule has 0 aromatic heterocycles. The minimum absolute atomic E-state index is 0.101. The number of carboxylic acids is 1. The maximum atomic E-state index is 11.7. The Balaban J connectivity index is 2.20. The lowest BCUT2D eigenvalue weighted by atomic mass is 10.2. The molecule has 98 valence electrons. The van der Waals surface area contributed by atoms with Crippen LogP contribution in [0.15, 0.2) is 0 Å². The van der Waals surface area contributed by atoms with Crippen LogP contribution >= 0.6 is 0 Å². The molecule has 0 aliphatic carbocycles. The molecule has 17 heavy (non-hydrogen) atoms. The molecule has 2 N–H and O–H groups in total. The zero-order valence-corrected chi connectivity index (χ0v) is 10.5. The molecule has 1 fully saturated rings. The lowest BCUT2D eigenvalue weighted by Gasteiger charge is -2.20. The van der Waals surface area contributed by atoms with Crippen LogP contribution in [0.3, 0.4) is 0 Å². The molecular formula is C11H21N3O3. The summed E-state index contributed by atoms with van der Waals surface area (Å²) in [5.74, 6) is -0.823. The number of nitrogens with zero attached hydrogens (tertiary/aromatic N) is 2. The number of aliphatic carboxylic acids is 1. The predicted octanol–water partition coefficient (Wildman–Crippen LogP) is 0.197. The Kier molecular flexibility index (Phi) is 5.21. The molecule has 1 saturated heterocycles. The van der Waals surface area contributed by atoms with Crippen LogP contribution < -0.4 is 5.32 Å². The minimum Gasteiger partial charge on any atom is -0.481 e. The molecule has 0 aromatic carbocycles. The fraction of sp³-hybridized carbons (Fsp3) is 0.818. The van der Waals surface area contributed by atoms with Crippen molar-refractivity contribution in [2.75, 3.05) is 33.7 Å². The molecule has 1 atom stereocenters. The number of amides is 2. The highest BCUT2D eigenvalue weighted by molar-refractivity contribution is 5.74. The van der Waals surface area contributed by atoms with Gasteiger partial charge in [0.25, 0.3) is 0 Å². The van der Waals surface area contributed by atoms with Gasteiger partial charge in [-0.3, -0.25) is 4.79 Å². The van der Waals surface area contributed by atoms with E-state index in [2.05, 4.69) is 10.2 Å². The number of urea groups is 1. The van der Waals surface area contributed by atoms with Crippen LogP contribution in [0.5, 0.6) is 0 Å². The molecule has 1 heterocycles. The van der Waals surface area contributed by atoms with Crippen LogP contribution in [0.25, 0.3) is 0 Å². The summed E-state index contributed by atoms with van der Waals surface area (Å²) in [7, 11) is 3.72. The number of carbonyl (C=O) groups is 2. The number of carbonyl (C=O) groups excluding carboxylic acids is 1. The van der Waals surface area contributed by atoms with Crippen LogP contribution in [-0.2, 0) is 4.79 Å². The van der Waals surface area contributed by atoms with Gasteiger partial charge in [0.05, 0.1) is 0 Å². The third-order valence-corrected chi connectivity index (χ3v) is 2.95. The maximum absolute atomic E-state index is 11.7. The van der Waals surface area contributed by atoms with Crippen molar-refractivity contribution >= 4 is 12.0 Å². The molecule has 2 amide bonds. The van der Waals surface area contributed by atoms with E-state index in [1.54, 1.807) is 11.9 Å². The van der Waals surface area contributed by atoms with Gasteiger partial charge in [0.2, 0.25) is 0 Å². The van der Waals surface area contributed by atoms with Gasteiger partial charge in [-0.05, 0) is 26.4 Å². The van der Waals surface area contributed by atoms with E-state index in [1.165, 1.54) is 0 Å². The Morgan fingerprint density at radius 3 is 2.76 bits per heavy atom. The molecule has 0 aromatic rings. The number of nitrogens with one attached hydrogen (secondary N) is 1. The van der Waals surface area contributed by atoms with Crippen molar-refractivity contribution < 1.29 is 14.7 Å². The number of rotatable bonds is 5. The van der Waals surface area contributed by atoms with Gasteiger partial charge in [-0.2, -0.15) is 0 Å². The molecule has 0 saturated carbocycles. The second-order valence-electron chi connectivity index (χ2n) is 4.62. The normalized spacial score (nSPS) is 20.2. The Bertz CT molecular complexity index is 283. The van der Waals surface area contributed by atoms with E-state index in [0.29, 0.717) is 13.0 Å². The van der Waals surface area contributed by atoms with Crippen molar-refractivity contribution in [3.63, 3.8) is 0 Å².